The third-order valence-corrected chi connectivity index (χ3v) is 9.03. The maximum absolute atomic E-state index is 15.8. The zero-order chi connectivity index (χ0) is 27.2. The van der Waals surface area contributed by atoms with E-state index >= 15 is 4.39 Å². The highest BCUT2D eigenvalue weighted by atomic mass is 32.2. The van der Waals surface area contributed by atoms with Crippen molar-refractivity contribution in [3.8, 4) is 0 Å². The minimum Gasteiger partial charge on any atom is -0.463 e. The van der Waals surface area contributed by atoms with Gasteiger partial charge in [-0.15, -0.1) is 11.3 Å². The Bertz CT molecular complexity index is 1410. The molecule has 3 N–H and O–H groups in total. The van der Waals surface area contributed by atoms with Crippen LogP contribution in [0.3, 0.4) is 0 Å². The molecule has 14 heteroatoms. The first-order chi connectivity index (χ1) is 18.0. The molecule has 3 aliphatic rings. The molecule has 2 aromatic rings. The number of hydrogen-bond acceptors (Lipinski definition) is 9. The highest BCUT2D eigenvalue weighted by Crippen LogP contribution is 2.41. The van der Waals surface area contributed by atoms with E-state index in [0.717, 1.165) is 4.31 Å². The number of nitrogens with one attached hydrogen (secondary N) is 1. The summed E-state index contributed by atoms with van der Waals surface area (Å²) in [4.78, 5) is 24.2. The van der Waals surface area contributed by atoms with E-state index < -0.39 is 39.7 Å². The Hall–Kier alpha value is -2.78. The first-order valence-electron chi connectivity index (χ1n) is 12.1. The van der Waals surface area contributed by atoms with Gasteiger partial charge in [-0.1, -0.05) is 12.1 Å². The summed E-state index contributed by atoms with van der Waals surface area (Å²) < 4.78 is 60.6. The molecule has 4 heterocycles. The number of aliphatic imine (C=N–C) groups is 1. The highest BCUT2D eigenvalue weighted by molar-refractivity contribution is 7.86. The number of nitrogens with zero attached hydrogens (tertiary/aromatic N) is 4. The Balaban J connectivity index is 1.58. The van der Waals surface area contributed by atoms with Crippen molar-refractivity contribution in [3.05, 3.63) is 63.0 Å². The zero-order valence-corrected chi connectivity index (χ0v) is 22.5. The molecule has 0 amide bonds. The number of rotatable bonds is 7. The van der Waals surface area contributed by atoms with Crippen LogP contribution in [-0.4, -0.2) is 78.9 Å². The average molecular weight is 567 g/mol. The summed E-state index contributed by atoms with van der Waals surface area (Å²) in [5.74, 6) is -0.679. The maximum atomic E-state index is 15.8. The minimum atomic E-state index is -4.06. The number of halogens is 2. The van der Waals surface area contributed by atoms with Gasteiger partial charge < -0.3 is 10.1 Å². The van der Waals surface area contributed by atoms with Crippen LogP contribution in [0.2, 0.25) is 0 Å². The number of carbonyl (C=O) groups excluding carboxylic acids is 1. The van der Waals surface area contributed by atoms with Crippen molar-refractivity contribution >= 4 is 33.4 Å². The second-order valence-corrected chi connectivity index (χ2v) is 12.0. The molecule has 2 fully saturated rings. The van der Waals surface area contributed by atoms with Crippen LogP contribution >= 0.6 is 11.3 Å². The van der Waals surface area contributed by atoms with Gasteiger partial charge in [-0.05, 0) is 37.5 Å². The fraction of sp³-hybridized carbons (Fsp3) is 0.458. The summed E-state index contributed by atoms with van der Waals surface area (Å²) in [7, 11) is -4.06. The fourth-order valence-corrected chi connectivity index (χ4v) is 6.67. The number of aromatic nitrogens is 1. The van der Waals surface area contributed by atoms with Crippen molar-refractivity contribution in [2.75, 3.05) is 32.8 Å². The van der Waals surface area contributed by atoms with E-state index in [1.807, 2.05) is 0 Å². The van der Waals surface area contributed by atoms with E-state index in [4.69, 9.17) is 14.9 Å². The van der Waals surface area contributed by atoms with Crippen LogP contribution in [-0.2, 0) is 19.7 Å². The number of carbonyl (C=O) groups is 1. The summed E-state index contributed by atoms with van der Waals surface area (Å²) >= 11 is 1.34. The smallest absolute Gasteiger partial charge is 0.338 e. The minimum absolute atomic E-state index is 0.0815. The molecular weight excluding hydrogens is 538 g/mol. The second kappa shape index (κ2) is 10.1. The predicted octanol–water partition coefficient (Wildman–Crippen LogP) is 1.80. The van der Waals surface area contributed by atoms with Gasteiger partial charge in [-0.3, -0.25) is 9.89 Å². The zero-order valence-electron chi connectivity index (χ0n) is 20.9. The van der Waals surface area contributed by atoms with Crippen LogP contribution in [0.25, 0.3) is 0 Å². The number of alkyl halides is 1. The lowest BCUT2D eigenvalue weighted by Gasteiger charge is -2.32. The second-order valence-electron chi connectivity index (χ2n) is 9.52. The number of nitrogens with two attached hydrogens (primary N) is 1. The van der Waals surface area contributed by atoms with Crippen molar-refractivity contribution in [2.24, 2.45) is 10.1 Å². The number of amidine groups is 1. The van der Waals surface area contributed by atoms with Crippen LogP contribution in [0.1, 0.15) is 35.5 Å². The van der Waals surface area contributed by atoms with Crippen LogP contribution in [0.5, 0.6) is 0 Å². The average Bonchev–Trinajstić information content (AvgIpc) is 3.57. The van der Waals surface area contributed by atoms with E-state index in [2.05, 4.69) is 10.3 Å². The van der Waals surface area contributed by atoms with Crippen LogP contribution < -0.4 is 10.5 Å². The summed E-state index contributed by atoms with van der Waals surface area (Å²) in [5.41, 5.74) is -0.347. The standard InChI is InChI=1S/C24H28F2N6O4S2/c1-3-36-23(33)19-17(11-31-9-7-24(26)13-32(12-18(24)31)38(27,34)35)29-21(22-28-8-10-37-22)30-20(19)15-5-4-6-16(25)14(15)2/h4-6,8,10,18,20H,3,7,9,11-13H2,1-2H3,(H,29,30)(H2,27,34,35)/t18-,20-,24-/m0/s1. The summed E-state index contributed by atoms with van der Waals surface area (Å²) in [6, 6.07) is 2.94. The highest BCUT2D eigenvalue weighted by Gasteiger charge is 2.56. The van der Waals surface area contributed by atoms with E-state index in [1.165, 1.54) is 17.4 Å². The van der Waals surface area contributed by atoms with Crippen LogP contribution in [0, 0.1) is 12.7 Å². The number of esters is 1. The van der Waals surface area contributed by atoms with Crippen LogP contribution in [0.15, 0.2) is 46.0 Å². The Kier molecular flexibility index (Phi) is 7.11. The van der Waals surface area contributed by atoms with Gasteiger partial charge in [-0.25, -0.2) is 23.7 Å². The third-order valence-electron chi connectivity index (χ3n) is 7.25. The number of benzene rings is 1. The lowest BCUT2D eigenvalue weighted by atomic mass is 9.92. The van der Waals surface area contributed by atoms with Gasteiger partial charge in [0.25, 0.3) is 10.2 Å². The number of hydrogen-bond donors (Lipinski definition) is 2. The van der Waals surface area contributed by atoms with Crippen molar-refractivity contribution in [2.45, 2.75) is 38.0 Å². The molecule has 0 bridgehead atoms. The van der Waals surface area contributed by atoms with Gasteiger partial charge in [0, 0.05) is 36.9 Å². The Morgan fingerprint density at radius 1 is 1.39 bits per heavy atom. The molecule has 1 aromatic heterocycles. The number of fused-ring (bicyclic) bond motifs is 1. The first-order valence-corrected chi connectivity index (χ1v) is 14.5. The molecule has 0 saturated carbocycles. The van der Waals surface area contributed by atoms with Gasteiger partial charge in [-0.2, -0.15) is 12.7 Å². The summed E-state index contributed by atoms with van der Waals surface area (Å²) in [5, 5.41) is 10.8. The quantitative estimate of drug-likeness (QED) is 0.489. The predicted molar refractivity (Wildman–Crippen MR) is 138 cm³/mol. The largest absolute Gasteiger partial charge is 0.463 e. The molecule has 0 spiro atoms. The molecule has 0 unspecified atom stereocenters. The normalized spacial score (nSPS) is 26.3. The Morgan fingerprint density at radius 2 is 2.18 bits per heavy atom. The van der Waals surface area contributed by atoms with Crippen LogP contribution in [0.4, 0.5) is 8.78 Å². The van der Waals surface area contributed by atoms with E-state index in [9.17, 15) is 17.6 Å². The van der Waals surface area contributed by atoms with Crippen molar-refractivity contribution in [1.82, 2.24) is 19.5 Å². The van der Waals surface area contributed by atoms with E-state index in [0.29, 0.717) is 34.2 Å². The molecule has 2 saturated heterocycles. The molecule has 0 aliphatic carbocycles. The number of ether oxygens (including phenoxy) is 1. The molecule has 5 rings (SSSR count). The van der Waals surface area contributed by atoms with Gasteiger partial charge >= 0.3 is 5.97 Å². The van der Waals surface area contributed by atoms with Gasteiger partial charge in [0.05, 0.1) is 24.8 Å². The van der Waals surface area contributed by atoms with Gasteiger partial charge in [0.15, 0.2) is 10.8 Å². The Morgan fingerprint density at radius 3 is 2.87 bits per heavy atom. The first kappa shape index (κ1) is 26.8. The van der Waals surface area contributed by atoms with Crippen molar-refractivity contribution in [3.63, 3.8) is 0 Å². The summed E-state index contributed by atoms with van der Waals surface area (Å²) in [6.45, 7) is 3.41. The molecule has 3 aliphatic heterocycles. The molecule has 38 heavy (non-hydrogen) atoms. The molecule has 3 atom stereocenters. The topological polar surface area (TPSA) is 130 Å². The fourth-order valence-electron chi connectivity index (χ4n) is 5.34. The SMILES string of the molecule is CCOC(=O)C1=C(CN2CC[C@]3(F)CN(S(N)(=O)=O)C[C@H]23)NC(c2nccs2)=N[C@H]1c1cccc(F)c1C. The molecular formula is C24H28F2N6O4S2. The Labute approximate surface area is 223 Å². The molecule has 0 radical (unpaired) electrons. The lowest BCUT2D eigenvalue weighted by Crippen LogP contribution is -2.45. The van der Waals surface area contributed by atoms with Crippen molar-refractivity contribution < 1.29 is 26.7 Å². The third kappa shape index (κ3) is 4.86. The molecule has 10 nitrogen and oxygen atoms in total. The molecule has 1 aromatic carbocycles. The summed E-state index contributed by atoms with van der Waals surface area (Å²) in [6.07, 6.45) is 1.74. The van der Waals surface area contributed by atoms with Gasteiger partial charge in [0.2, 0.25) is 0 Å². The van der Waals surface area contributed by atoms with E-state index in [1.54, 1.807) is 42.5 Å². The van der Waals surface area contributed by atoms with Gasteiger partial charge in [0.1, 0.15) is 17.5 Å². The number of likely N-dealkylation sites (tertiary alicyclic amines) is 1. The van der Waals surface area contributed by atoms with Crippen molar-refractivity contribution in [1.29, 1.82) is 0 Å². The van der Waals surface area contributed by atoms with E-state index in [-0.39, 0.29) is 38.2 Å². The maximum Gasteiger partial charge on any atom is 0.338 e. The molecule has 204 valence electrons. The monoisotopic (exact) mass is 566 g/mol. The lowest BCUT2D eigenvalue weighted by molar-refractivity contribution is -0.139. The number of thiazole rings is 1.